The predicted octanol–water partition coefficient (Wildman–Crippen LogP) is 5.54. The van der Waals surface area contributed by atoms with E-state index in [1.165, 1.54) is 0 Å². The van der Waals surface area contributed by atoms with Crippen molar-refractivity contribution in [2.45, 2.75) is 25.4 Å². The second-order valence-corrected chi connectivity index (χ2v) is 10.1. The Bertz CT molecular complexity index is 1390. The third kappa shape index (κ3) is 5.17. The Balaban J connectivity index is 1.26. The molecule has 1 aliphatic rings. The summed E-state index contributed by atoms with van der Waals surface area (Å²) in [4.78, 5) is 31.6. The number of benzene rings is 3. The molecule has 0 aliphatic carbocycles. The van der Waals surface area contributed by atoms with E-state index in [0.29, 0.717) is 29.4 Å². The first-order valence-electron chi connectivity index (χ1n) is 11.6. The Hall–Kier alpha value is -3.55. The average Bonchev–Trinajstić information content (AvgIpc) is 3.49. The van der Waals surface area contributed by atoms with E-state index in [2.05, 4.69) is 10.3 Å². The van der Waals surface area contributed by atoms with Crippen LogP contribution in [0.2, 0.25) is 5.02 Å². The van der Waals surface area contributed by atoms with Crippen LogP contribution in [0.4, 0.5) is 0 Å². The summed E-state index contributed by atoms with van der Waals surface area (Å²) in [6.07, 6.45) is 3.68. The van der Waals surface area contributed by atoms with Gasteiger partial charge in [0.1, 0.15) is 11.2 Å². The van der Waals surface area contributed by atoms with E-state index in [-0.39, 0.29) is 17.2 Å². The first-order valence-corrected chi connectivity index (χ1v) is 13.0. The van der Waals surface area contributed by atoms with Crippen molar-refractivity contribution >= 4 is 35.2 Å². The van der Waals surface area contributed by atoms with E-state index in [1.54, 1.807) is 18.0 Å². The molecular weight excluding hydrogens is 492 g/mol. The van der Waals surface area contributed by atoms with E-state index in [9.17, 15) is 9.59 Å². The predicted molar refractivity (Wildman–Crippen MR) is 143 cm³/mol. The van der Waals surface area contributed by atoms with Crippen LogP contribution in [0.25, 0.3) is 5.69 Å². The molecule has 0 radical (unpaired) electrons. The van der Waals surface area contributed by atoms with Gasteiger partial charge >= 0.3 is 0 Å². The van der Waals surface area contributed by atoms with Crippen molar-refractivity contribution in [3.63, 3.8) is 0 Å². The van der Waals surface area contributed by atoms with Gasteiger partial charge in [-0.05, 0) is 53.9 Å². The van der Waals surface area contributed by atoms with Crippen LogP contribution in [0.3, 0.4) is 0 Å². The molecule has 0 unspecified atom stereocenters. The van der Waals surface area contributed by atoms with Crippen molar-refractivity contribution < 1.29 is 9.59 Å². The van der Waals surface area contributed by atoms with Crippen molar-refractivity contribution in [3.05, 3.63) is 118 Å². The summed E-state index contributed by atoms with van der Waals surface area (Å²) in [5.41, 5.74) is 4.60. The lowest BCUT2D eigenvalue weighted by atomic mass is 10.1. The van der Waals surface area contributed by atoms with Crippen molar-refractivity contribution in [3.8, 4) is 5.69 Å². The normalized spacial score (nSPS) is 15.3. The van der Waals surface area contributed by atoms with Crippen molar-refractivity contribution in [2.75, 3.05) is 5.75 Å². The van der Waals surface area contributed by atoms with Gasteiger partial charge in [-0.15, -0.1) is 11.8 Å². The number of halogens is 1. The fourth-order valence-corrected chi connectivity index (χ4v) is 5.61. The molecule has 3 aromatic carbocycles. The van der Waals surface area contributed by atoms with Crippen LogP contribution in [-0.2, 0) is 17.9 Å². The van der Waals surface area contributed by atoms with Gasteiger partial charge in [0.2, 0.25) is 5.91 Å². The molecule has 1 N–H and O–H groups in total. The molecule has 1 fully saturated rings. The molecule has 5 rings (SSSR count). The first-order chi connectivity index (χ1) is 17.5. The van der Waals surface area contributed by atoms with Crippen molar-refractivity contribution in [1.82, 2.24) is 19.8 Å². The standard InChI is InChI=1S/C28H25ClN4O2S/c1-19-30-14-15-32(19)25-5-3-2-4-23(25)16-31-27(35)21-8-10-22(11-9-21)28-33(26(34)18-36-28)17-20-6-12-24(29)13-7-20/h2-15,28H,16-18H2,1H3,(H,31,35)/t28-/m1/s1. The molecule has 182 valence electrons. The van der Waals surface area contributed by atoms with Crippen LogP contribution >= 0.6 is 23.4 Å². The number of hydrogen-bond acceptors (Lipinski definition) is 4. The Morgan fingerprint density at radius 1 is 1.08 bits per heavy atom. The van der Waals surface area contributed by atoms with Crippen LogP contribution in [0, 0.1) is 6.92 Å². The summed E-state index contributed by atoms with van der Waals surface area (Å²) in [5, 5.41) is 3.61. The molecule has 0 bridgehead atoms. The minimum Gasteiger partial charge on any atom is -0.348 e. The smallest absolute Gasteiger partial charge is 0.251 e. The molecule has 1 aliphatic heterocycles. The number of hydrogen-bond donors (Lipinski definition) is 1. The highest BCUT2D eigenvalue weighted by molar-refractivity contribution is 8.00. The monoisotopic (exact) mass is 516 g/mol. The highest BCUT2D eigenvalue weighted by Crippen LogP contribution is 2.39. The van der Waals surface area contributed by atoms with Crippen LogP contribution in [0.15, 0.2) is 85.2 Å². The summed E-state index contributed by atoms with van der Waals surface area (Å²) in [7, 11) is 0. The number of amides is 2. The first kappa shape index (κ1) is 24.2. The molecule has 0 spiro atoms. The molecule has 1 aromatic heterocycles. The maximum atomic E-state index is 12.9. The molecule has 1 atom stereocenters. The number of aryl methyl sites for hydroxylation is 1. The fourth-order valence-electron chi connectivity index (χ4n) is 4.29. The molecular formula is C28H25ClN4O2S. The van der Waals surface area contributed by atoms with Crippen LogP contribution in [0.1, 0.15) is 38.2 Å². The third-order valence-electron chi connectivity index (χ3n) is 6.21. The van der Waals surface area contributed by atoms with Gasteiger partial charge in [-0.25, -0.2) is 4.98 Å². The minimum atomic E-state index is -0.146. The number of rotatable bonds is 7. The third-order valence-corrected chi connectivity index (χ3v) is 7.72. The SMILES string of the molecule is Cc1nccn1-c1ccccc1CNC(=O)c1ccc([C@H]2SCC(=O)N2Cc2ccc(Cl)cc2)cc1. The maximum Gasteiger partial charge on any atom is 0.251 e. The number of nitrogens with zero attached hydrogens (tertiary/aromatic N) is 3. The molecule has 2 amide bonds. The van der Waals surface area contributed by atoms with E-state index >= 15 is 0 Å². The number of carbonyl (C=O) groups excluding carboxylic acids is 2. The van der Waals surface area contributed by atoms with Crippen molar-refractivity contribution in [2.24, 2.45) is 0 Å². The molecule has 0 saturated carbocycles. The highest BCUT2D eigenvalue weighted by atomic mass is 35.5. The van der Waals surface area contributed by atoms with Gasteiger partial charge in [0.15, 0.2) is 0 Å². The lowest BCUT2D eigenvalue weighted by molar-refractivity contribution is -0.128. The summed E-state index contributed by atoms with van der Waals surface area (Å²) in [6.45, 7) is 2.87. The molecule has 1 saturated heterocycles. The molecule has 36 heavy (non-hydrogen) atoms. The Morgan fingerprint density at radius 3 is 2.56 bits per heavy atom. The van der Waals surface area contributed by atoms with E-state index < -0.39 is 0 Å². The van der Waals surface area contributed by atoms with Gasteiger partial charge in [0.05, 0.1) is 11.4 Å². The van der Waals surface area contributed by atoms with Gasteiger partial charge in [0, 0.05) is 36.1 Å². The van der Waals surface area contributed by atoms with E-state index in [4.69, 9.17) is 11.6 Å². The minimum absolute atomic E-state index is 0.0874. The number of imidazole rings is 1. The summed E-state index contributed by atoms with van der Waals surface area (Å²) in [6, 6.07) is 23.0. The zero-order chi connectivity index (χ0) is 25.1. The number of nitrogens with one attached hydrogen (secondary N) is 1. The van der Waals surface area contributed by atoms with E-state index in [1.807, 2.05) is 95.4 Å². The summed E-state index contributed by atoms with van der Waals surface area (Å²) < 4.78 is 2.01. The van der Waals surface area contributed by atoms with Crippen molar-refractivity contribution in [1.29, 1.82) is 0 Å². The van der Waals surface area contributed by atoms with Gasteiger partial charge in [0.25, 0.3) is 5.91 Å². The number of thioether (sulfide) groups is 1. The second-order valence-electron chi connectivity index (χ2n) is 8.59. The number of aromatic nitrogens is 2. The lowest BCUT2D eigenvalue weighted by Crippen LogP contribution is -2.27. The Labute approximate surface area is 219 Å². The van der Waals surface area contributed by atoms with Crippen LogP contribution in [0.5, 0.6) is 0 Å². The molecule has 6 nitrogen and oxygen atoms in total. The van der Waals surface area contributed by atoms with Crippen LogP contribution in [-0.4, -0.2) is 32.0 Å². The quantitative estimate of drug-likeness (QED) is 0.350. The number of carbonyl (C=O) groups is 2. The Kier molecular flexibility index (Phi) is 7.11. The summed E-state index contributed by atoms with van der Waals surface area (Å²) >= 11 is 7.59. The maximum absolute atomic E-state index is 12.9. The van der Waals surface area contributed by atoms with Gasteiger partial charge < -0.3 is 14.8 Å². The van der Waals surface area contributed by atoms with Crippen LogP contribution < -0.4 is 5.32 Å². The average molecular weight is 517 g/mol. The van der Waals surface area contributed by atoms with Gasteiger partial charge in [-0.2, -0.15) is 0 Å². The zero-order valence-corrected chi connectivity index (χ0v) is 21.3. The Morgan fingerprint density at radius 2 is 1.83 bits per heavy atom. The topological polar surface area (TPSA) is 67.2 Å². The highest BCUT2D eigenvalue weighted by Gasteiger charge is 2.32. The second kappa shape index (κ2) is 10.6. The summed E-state index contributed by atoms with van der Waals surface area (Å²) in [5.74, 6) is 1.29. The van der Waals surface area contributed by atoms with Gasteiger partial charge in [-0.3, -0.25) is 9.59 Å². The number of para-hydroxylation sites is 1. The molecule has 4 aromatic rings. The zero-order valence-electron chi connectivity index (χ0n) is 19.7. The molecule has 8 heteroatoms. The van der Waals surface area contributed by atoms with E-state index in [0.717, 1.165) is 28.2 Å². The fraction of sp³-hybridized carbons (Fsp3) is 0.179. The van der Waals surface area contributed by atoms with Gasteiger partial charge in [-0.1, -0.05) is 54.1 Å². The molecule has 2 heterocycles. The largest absolute Gasteiger partial charge is 0.348 e. The lowest BCUT2D eigenvalue weighted by Gasteiger charge is -2.24.